The zero-order valence-electron chi connectivity index (χ0n) is 9.40. The van der Waals surface area contributed by atoms with Gasteiger partial charge in [-0.3, -0.25) is 4.79 Å². The van der Waals surface area contributed by atoms with Gasteiger partial charge in [-0.25, -0.2) is 4.79 Å². The number of nitrogens with two attached hydrogens (primary N) is 1. The van der Waals surface area contributed by atoms with Crippen molar-refractivity contribution in [2.45, 2.75) is 25.9 Å². The molecule has 0 unspecified atom stereocenters. The van der Waals surface area contributed by atoms with Gasteiger partial charge in [-0.2, -0.15) is 22.0 Å². The fraction of sp³-hybridized carbons (Fsp3) is 0.556. The SMILES string of the molecule is CCOC(=O)C(C(C)=O)=C(N)C(F)(F)C(F)(F)F. The van der Waals surface area contributed by atoms with Crippen molar-refractivity contribution in [2.24, 2.45) is 5.73 Å². The number of hydrogen-bond acceptors (Lipinski definition) is 4. The summed E-state index contributed by atoms with van der Waals surface area (Å²) >= 11 is 0. The van der Waals surface area contributed by atoms with Crippen molar-refractivity contribution in [1.29, 1.82) is 0 Å². The fourth-order valence-corrected chi connectivity index (χ4v) is 0.956. The largest absolute Gasteiger partial charge is 0.462 e. The second kappa shape index (κ2) is 5.32. The standard InChI is InChI=1S/C9H10F5NO3/c1-3-18-7(17)5(4(2)16)6(15)8(10,11)9(12,13)14/h3,15H2,1-2H3. The molecule has 0 amide bonds. The molecule has 9 heteroatoms. The van der Waals surface area contributed by atoms with Gasteiger partial charge in [-0.1, -0.05) is 0 Å². The number of Topliss-reactive ketones (excluding diaryl/α,β-unsaturated/α-hetero) is 1. The van der Waals surface area contributed by atoms with Crippen LogP contribution in [0, 0.1) is 0 Å². The molecule has 0 bridgehead atoms. The Bertz CT molecular complexity index is 386. The summed E-state index contributed by atoms with van der Waals surface area (Å²) in [5.41, 5.74) is 0.935. The van der Waals surface area contributed by atoms with Crippen LogP contribution in [-0.2, 0) is 14.3 Å². The normalized spacial score (nSPS) is 13.9. The lowest BCUT2D eigenvalue weighted by Gasteiger charge is -2.21. The van der Waals surface area contributed by atoms with Crippen molar-refractivity contribution < 1.29 is 36.3 Å². The van der Waals surface area contributed by atoms with Crippen molar-refractivity contribution in [1.82, 2.24) is 0 Å². The lowest BCUT2D eigenvalue weighted by Crippen LogP contribution is -2.43. The number of allylic oxidation sites excluding steroid dienone is 1. The van der Waals surface area contributed by atoms with Gasteiger partial charge in [-0.15, -0.1) is 0 Å². The molecule has 0 aliphatic rings. The molecule has 0 aromatic heterocycles. The molecule has 0 rings (SSSR count). The fourth-order valence-electron chi connectivity index (χ4n) is 0.956. The highest BCUT2D eigenvalue weighted by Crippen LogP contribution is 2.40. The third-order valence-electron chi connectivity index (χ3n) is 1.80. The Hall–Kier alpha value is -1.67. The first kappa shape index (κ1) is 16.3. The first-order chi connectivity index (χ1) is 7.96. The molecule has 0 saturated heterocycles. The van der Waals surface area contributed by atoms with Gasteiger partial charge in [0.05, 0.1) is 6.61 Å². The van der Waals surface area contributed by atoms with E-state index in [4.69, 9.17) is 0 Å². The maximum absolute atomic E-state index is 12.9. The molecular weight excluding hydrogens is 265 g/mol. The number of carbonyl (C=O) groups excluding carboxylic acids is 2. The maximum Gasteiger partial charge on any atom is 0.459 e. The second-order valence-electron chi connectivity index (χ2n) is 3.14. The maximum atomic E-state index is 12.9. The number of rotatable bonds is 4. The lowest BCUT2D eigenvalue weighted by molar-refractivity contribution is -0.264. The van der Waals surface area contributed by atoms with Crippen molar-refractivity contribution in [3.05, 3.63) is 11.3 Å². The molecule has 0 radical (unpaired) electrons. The predicted octanol–water partition coefficient (Wildman–Crippen LogP) is 1.55. The van der Waals surface area contributed by atoms with Gasteiger partial charge in [0.1, 0.15) is 11.3 Å². The van der Waals surface area contributed by atoms with Gasteiger partial charge in [0.15, 0.2) is 5.78 Å². The molecule has 0 aromatic carbocycles. The van der Waals surface area contributed by atoms with Crippen LogP contribution in [0.25, 0.3) is 0 Å². The van der Waals surface area contributed by atoms with Crippen LogP contribution in [0.5, 0.6) is 0 Å². The van der Waals surface area contributed by atoms with E-state index in [-0.39, 0.29) is 6.61 Å². The monoisotopic (exact) mass is 275 g/mol. The predicted molar refractivity (Wildman–Crippen MR) is 49.5 cm³/mol. The number of ketones is 1. The van der Waals surface area contributed by atoms with Crippen LogP contribution in [0.1, 0.15) is 13.8 Å². The number of esters is 1. The van der Waals surface area contributed by atoms with Crippen LogP contribution < -0.4 is 5.73 Å². The molecule has 18 heavy (non-hydrogen) atoms. The summed E-state index contributed by atoms with van der Waals surface area (Å²) < 4.78 is 66.0. The van der Waals surface area contributed by atoms with E-state index in [1.54, 1.807) is 0 Å². The molecule has 0 aliphatic carbocycles. The minimum atomic E-state index is -6.01. The van der Waals surface area contributed by atoms with E-state index in [0.717, 1.165) is 0 Å². The lowest BCUT2D eigenvalue weighted by atomic mass is 10.1. The Labute approximate surface area is 98.6 Å². The quantitative estimate of drug-likeness (QED) is 0.278. The third-order valence-corrected chi connectivity index (χ3v) is 1.80. The van der Waals surface area contributed by atoms with Gasteiger partial charge in [0.25, 0.3) is 0 Å². The molecule has 4 nitrogen and oxygen atoms in total. The van der Waals surface area contributed by atoms with Crippen LogP contribution >= 0.6 is 0 Å². The molecule has 0 spiro atoms. The smallest absolute Gasteiger partial charge is 0.459 e. The topological polar surface area (TPSA) is 69.4 Å². The summed E-state index contributed by atoms with van der Waals surface area (Å²) in [6.45, 7) is 1.61. The molecule has 2 N–H and O–H groups in total. The number of ether oxygens (including phenoxy) is 1. The van der Waals surface area contributed by atoms with Crippen LogP contribution in [0.2, 0.25) is 0 Å². The molecule has 0 fully saturated rings. The van der Waals surface area contributed by atoms with Crippen molar-refractivity contribution in [2.75, 3.05) is 6.61 Å². The van der Waals surface area contributed by atoms with Gasteiger partial charge in [0, 0.05) is 0 Å². The summed E-state index contributed by atoms with van der Waals surface area (Å²) in [4.78, 5) is 22.1. The van der Waals surface area contributed by atoms with Gasteiger partial charge < -0.3 is 10.5 Å². The highest BCUT2D eigenvalue weighted by Gasteiger charge is 2.61. The zero-order chi connectivity index (χ0) is 14.7. The Morgan fingerprint density at radius 2 is 1.61 bits per heavy atom. The molecule has 104 valence electrons. The van der Waals surface area contributed by atoms with Crippen LogP contribution in [0.15, 0.2) is 11.3 Å². The Kier molecular flexibility index (Phi) is 4.82. The van der Waals surface area contributed by atoms with E-state index in [1.807, 2.05) is 0 Å². The van der Waals surface area contributed by atoms with E-state index in [2.05, 4.69) is 10.5 Å². The van der Waals surface area contributed by atoms with Crippen LogP contribution in [0.4, 0.5) is 22.0 Å². The van der Waals surface area contributed by atoms with Crippen molar-refractivity contribution in [3.63, 3.8) is 0 Å². The highest BCUT2D eigenvalue weighted by molar-refractivity contribution is 6.17. The average molecular weight is 275 g/mol. The summed E-state index contributed by atoms with van der Waals surface area (Å²) in [6, 6.07) is 0. The zero-order valence-corrected chi connectivity index (χ0v) is 9.40. The molecular formula is C9H10F5NO3. The Morgan fingerprint density at radius 1 is 1.17 bits per heavy atom. The Morgan fingerprint density at radius 3 is 1.89 bits per heavy atom. The van der Waals surface area contributed by atoms with E-state index in [0.29, 0.717) is 6.92 Å². The first-order valence-corrected chi connectivity index (χ1v) is 4.59. The molecule has 0 aromatic rings. The average Bonchev–Trinajstić information content (AvgIpc) is 2.15. The van der Waals surface area contributed by atoms with Gasteiger partial charge in [-0.05, 0) is 13.8 Å². The Balaban J connectivity index is 5.77. The molecule has 0 saturated carbocycles. The highest BCUT2D eigenvalue weighted by atomic mass is 19.4. The van der Waals surface area contributed by atoms with Crippen molar-refractivity contribution >= 4 is 11.8 Å². The summed E-state index contributed by atoms with van der Waals surface area (Å²) in [5, 5.41) is 0. The third kappa shape index (κ3) is 3.17. The van der Waals surface area contributed by atoms with Gasteiger partial charge in [0.2, 0.25) is 0 Å². The molecule has 0 heterocycles. The van der Waals surface area contributed by atoms with E-state index < -0.39 is 35.1 Å². The minimum Gasteiger partial charge on any atom is -0.462 e. The number of hydrogen-bond donors (Lipinski definition) is 1. The summed E-state index contributed by atoms with van der Waals surface area (Å²) in [7, 11) is 0. The van der Waals surface area contributed by atoms with Gasteiger partial charge >= 0.3 is 18.1 Å². The number of carbonyl (C=O) groups is 2. The van der Waals surface area contributed by atoms with Crippen LogP contribution in [0.3, 0.4) is 0 Å². The first-order valence-electron chi connectivity index (χ1n) is 4.59. The summed E-state index contributed by atoms with van der Waals surface area (Å²) in [6.07, 6.45) is -6.01. The minimum absolute atomic E-state index is 0.305. The van der Waals surface area contributed by atoms with E-state index in [1.165, 1.54) is 6.92 Å². The van der Waals surface area contributed by atoms with Crippen molar-refractivity contribution in [3.8, 4) is 0 Å². The van der Waals surface area contributed by atoms with Crippen LogP contribution in [-0.4, -0.2) is 30.5 Å². The van der Waals surface area contributed by atoms with E-state index in [9.17, 15) is 31.5 Å². The number of halogens is 5. The molecule has 0 atom stereocenters. The second-order valence-corrected chi connectivity index (χ2v) is 3.14. The summed E-state index contributed by atoms with van der Waals surface area (Å²) in [5.74, 6) is -8.44. The molecule has 0 aliphatic heterocycles. The number of alkyl halides is 5. The van der Waals surface area contributed by atoms with E-state index >= 15 is 0 Å².